The van der Waals surface area contributed by atoms with Crippen LogP contribution in [0.1, 0.15) is 47.8 Å². The Morgan fingerprint density at radius 2 is 1.83 bits per heavy atom. The van der Waals surface area contributed by atoms with Crippen molar-refractivity contribution in [2.45, 2.75) is 50.3 Å². The summed E-state index contributed by atoms with van der Waals surface area (Å²) < 4.78 is 30.2. The van der Waals surface area contributed by atoms with Gasteiger partial charge in [-0.15, -0.1) is 0 Å². The lowest BCUT2D eigenvalue weighted by Crippen LogP contribution is -2.54. The van der Waals surface area contributed by atoms with E-state index in [0.717, 1.165) is 24.5 Å². The summed E-state index contributed by atoms with van der Waals surface area (Å²) >= 11 is 0. The largest absolute Gasteiger partial charge is 0.391 e. The number of piperazine rings is 1. The van der Waals surface area contributed by atoms with Gasteiger partial charge in [-0.3, -0.25) is 4.79 Å². The molecule has 1 unspecified atom stereocenters. The minimum absolute atomic E-state index is 0.0823. The number of rotatable bonds is 5. The Kier molecular flexibility index (Phi) is 6.92. The van der Waals surface area contributed by atoms with E-state index in [9.17, 15) is 18.7 Å². The van der Waals surface area contributed by atoms with Crippen LogP contribution in [0.4, 0.5) is 8.78 Å². The van der Waals surface area contributed by atoms with Crippen LogP contribution in [-0.4, -0.2) is 57.2 Å². The summed E-state index contributed by atoms with van der Waals surface area (Å²) in [6, 6.07) is 12.9. The monoisotopic (exact) mass is 480 g/mol. The van der Waals surface area contributed by atoms with E-state index in [1.54, 1.807) is 10.9 Å². The van der Waals surface area contributed by atoms with Crippen molar-refractivity contribution >= 4 is 5.91 Å². The van der Waals surface area contributed by atoms with Crippen LogP contribution < -0.4 is 5.32 Å². The lowest BCUT2D eigenvalue weighted by atomic mass is 9.92. The molecule has 8 heteroatoms. The molecular weight excluding hydrogens is 450 g/mol. The first-order chi connectivity index (χ1) is 17.0. The summed E-state index contributed by atoms with van der Waals surface area (Å²) in [6.07, 6.45) is 4.81. The topological polar surface area (TPSA) is 70.4 Å². The van der Waals surface area contributed by atoms with Gasteiger partial charge >= 0.3 is 0 Å². The highest BCUT2D eigenvalue weighted by Crippen LogP contribution is 2.35. The van der Waals surface area contributed by atoms with Crippen molar-refractivity contribution < 1.29 is 18.7 Å². The zero-order valence-corrected chi connectivity index (χ0v) is 19.5. The van der Waals surface area contributed by atoms with Crippen molar-refractivity contribution in [3.05, 3.63) is 77.8 Å². The number of aliphatic hydroxyl groups excluding tert-OH is 1. The van der Waals surface area contributed by atoms with Crippen molar-refractivity contribution in [3.63, 3.8) is 0 Å². The van der Waals surface area contributed by atoms with Crippen LogP contribution in [0.25, 0.3) is 11.3 Å². The highest BCUT2D eigenvalue weighted by Gasteiger charge is 2.34. The molecule has 2 N–H and O–H groups in total. The Bertz CT molecular complexity index is 1160. The van der Waals surface area contributed by atoms with Gasteiger partial charge < -0.3 is 19.9 Å². The van der Waals surface area contributed by atoms with Crippen LogP contribution in [0.3, 0.4) is 0 Å². The smallest absolute Gasteiger partial charge is 0.275 e. The van der Waals surface area contributed by atoms with Crippen molar-refractivity contribution in [1.82, 2.24) is 19.8 Å². The highest BCUT2D eigenvalue weighted by molar-refractivity contribution is 5.98. The van der Waals surface area contributed by atoms with Gasteiger partial charge in [0.1, 0.15) is 11.6 Å². The van der Waals surface area contributed by atoms with Crippen LogP contribution >= 0.6 is 0 Å². The SMILES string of the molecule is O=C(c1ncn([C@H]2CCCC[C@H]2O)c1-c1cc(F)cc(F)c1)N1CCNCC1Cc1ccccc1. The first kappa shape index (κ1) is 23.6. The van der Waals surface area contributed by atoms with Gasteiger partial charge in [0.2, 0.25) is 0 Å². The lowest BCUT2D eigenvalue weighted by Gasteiger charge is -2.36. The van der Waals surface area contributed by atoms with Crippen molar-refractivity contribution in [2.75, 3.05) is 19.6 Å². The molecule has 3 aromatic rings. The fraction of sp³-hybridized carbons (Fsp3) is 0.407. The second-order valence-electron chi connectivity index (χ2n) is 9.47. The second-order valence-corrected chi connectivity index (χ2v) is 9.47. The third-order valence-corrected chi connectivity index (χ3v) is 7.11. The highest BCUT2D eigenvalue weighted by atomic mass is 19.1. The zero-order valence-electron chi connectivity index (χ0n) is 19.5. The Balaban J connectivity index is 1.54. The Morgan fingerprint density at radius 3 is 2.57 bits per heavy atom. The third kappa shape index (κ3) is 4.99. The normalized spacial score (nSPS) is 22.8. The van der Waals surface area contributed by atoms with Gasteiger partial charge in [0.25, 0.3) is 5.91 Å². The Hall–Kier alpha value is -3.10. The van der Waals surface area contributed by atoms with E-state index in [0.29, 0.717) is 44.6 Å². The maximum Gasteiger partial charge on any atom is 0.275 e. The van der Waals surface area contributed by atoms with E-state index >= 15 is 0 Å². The number of aliphatic hydroxyl groups is 1. The van der Waals surface area contributed by atoms with Gasteiger partial charge in [-0.2, -0.15) is 0 Å². The molecule has 35 heavy (non-hydrogen) atoms. The molecule has 1 saturated carbocycles. The first-order valence-electron chi connectivity index (χ1n) is 12.3. The van der Waals surface area contributed by atoms with Gasteiger partial charge in [0.05, 0.1) is 24.2 Å². The molecule has 6 nitrogen and oxygen atoms in total. The van der Waals surface area contributed by atoms with E-state index < -0.39 is 17.7 Å². The molecule has 0 spiro atoms. The number of nitrogens with zero attached hydrogens (tertiary/aromatic N) is 3. The van der Waals surface area contributed by atoms with Crippen LogP contribution in [0.5, 0.6) is 0 Å². The molecule has 2 fully saturated rings. The van der Waals surface area contributed by atoms with Crippen LogP contribution in [0, 0.1) is 11.6 Å². The van der Waals surface area contributed by atoms with Gasteiger partial charge in [0, 0.05) is 37.3 Å². The number of aromatic nitrogens is 2. The maximum absolute atomic E-state index is 14.2. The molecule has 0 radical (unpaired) electrons. The van der Waals surface area contributed by atoms with E-state index in [1.807, 2.05) is 35.2 Å². The molecule has 3 atom stereocenters. The second kappa shape index (κ2) is 10.3. The average Bonchev–Trinajstić information content (AvgIpc) is 3.29. The Labute approximate surface area is 203 Å². The summed E-state index contributed by atoms with van der Waals surface area (Å²) in [4.78, 5) is 20.2. The quantitative estimate of drug-likeness (QED) is 0.580. The number of imidazole rings is 1. The number of benzene rings is 2. The third-order valence-electron chi connectivity index (χ3n) is 7.11. The summed E-state index contributed by atoms with van der Waals surface area (Å²) in [5.41, 5.74) is 1.89. The molecule has 1 aromatic heterocycles. The standard InChI is InChI=1S/C27H30F2N4O2/c28-20-13-19(14-21(29)15-20)26-25(31-17-33(26)23-8-4-5-9-24(23)34)27(35)32-11-10-30-16-22(32)12-18-6-2-1-3-7-18/h1-3,6-7,13-15,17,22-24,30,34H,4-5,8-12,16H2/t22?,23-,24+/m0/s1. The molecule has 2 aromatic carbocycles. The van der Waals surface area contributed by atoms with Crippen molar-refractivity contribution in [3.8, 4) is 11.3 Å². The minimum Gasteiger partial charge on any atom is -0.391 e. The fourth-order valence-corrected chi connectivity index (χ4v) is 5.39. The molecule has 1 aliphatic heterocycles. The molecule has 184 valence electrons. The van der Waals surface area contributed by atoms with Crippen molar-refractivity contribution in [2.24, 2.45) is 0 Å². The minimum atomic E-state index is -0.723. The summed E-state index contributed by atoms with van der Waals surface area (Å²) in [5.74, 6) is -1.71. The number of carbonyl (C=O) groups excluding carboxylic acids is 1. The molecule has 0 bridgehead atoms. The fourth-order valence-electron chi connectivity index (χ4n) is 5.39. The number of halogens is 2. The number of nitrogens with one attached hydrogen (secondary N) is 1. The molecular formula is C27H30F2N4O2. The predicted octanol–water partition coefficient (Wildman–Crippen LogP) is 3.96. The first-order valence-corrected chi connectivity index (χ1v) is 12.3. The van der Waals surface area contributed by atoms with Gasteiger partial charge in [-0.1, -0.05) is 43.2 Å². The van der Waals surface area contributed by atoms with E-state index in [2.05, 4.69) is 10.3 Å². The summed E-state index contributed by atoms with van der Waals surface area (Å²) in [7, 11) is 0. The van der Waals surface area contributed by atoms with Crippen molar-refractivity contribution in [1.29, 1.82) is 0 Å². The molecule has 1 amide bonds. The van der Waals surface area contributed by atoms with E-state index in [1.165, 1.54) is 12.1 Å². The Morgan fingerprint density at radius 1 is 1.09 bits per heavy atom. The molecule has 2 aliphatic rings. The number of hydrogen-bond acceptors (Lipinski definition) is 4. The predicted molar refractivity (Wildman–Crippen MR) is 129 cm³/mol. The number of hydrogen-bond donors (Lipinski definition) is 2. The van der Waals surface area contributed by atoms with E-state index in [4.69, 9.17) is 0 Å². The maximum atomic E-state index is 14.2. The average molecular weight is 481 g/mol. The molecule has 2 heterocycles. The van der Waals surface area contributed by atoms with Crippen LogP contribution in [-0.2, 0) is 6.42 Å². The lowest BCUT2D eigenvalue weighted by molar-refractivity contribution is 0.0629. The van der Waals surface area contributed by atoms with Crippen LogP contribution in [0.15, 0.2) is 54.9 Å². The summed E-state index contributed by atoms with van der Waals surface area (Å²) in [5, 5.41) is 14.1. The molecule has 5 rings (SSSR count). The summed E-state index contributed by atoms with van der Waals surface area (Å²) in [6.45, 7) is 1.81. The van der Waals surface area contributed by atoms with Gasteiger partial charge in [0.15, 0.2) is 5.69 Å². The molecule has 1 saturated heterocycles. The van der Waals surface area contributed by atoms with Crippen LogP contribution in [0.2, 0.25) is 0 Å². The van der Waals surface area contributed by atoms with E-state index in [-0.39, 0.29) is 29.2 Å². The molecule has 1 aliphatic carbocycles. The number of amides is 1. The van der Waals surface area contributed by atoms with Gasteiger partial charge in [-0.05, 0) is 37.0 Å². The number of carbonyl (C=O) groups is 1. The zero-order chi connectivity index (χ0) is 24.4. The van der Waals surface area contributed by atoms with Gasteiger partial charge in [-0.25, -0.2) is 13.8 Å².